The van der Waals surface area contributed by atoms with Crippen molar-refractivity contribution in [2.75, 3.05) is 13.1 Å². The normalized spacial score (nSPS) is 20.5. The lowest BCUT2D eigenvalue weighted by Gasteiger charge is -2.24. The number of hydrogen-bond acceptors (Lipinski definition) is 2. The second-order valence-electron chi connectivity index (χ2n) is 7.19. The molecule has 26 heavy (non-hydrogen) atoms. The fraction of sp³-hybridized carbons (Fsp3) is 0.667. The van der Waals surface area contributed by atoms with Crippen LogP contribution in [0.2, 0.25) is 0 Å². The number of nitrogens with one attached hydrogen (secondary N) is 1. The topological polar surface area (TPSA) is 54.3 Å². The predicted molar refractivity (Wildman–Crippen MR) is 89.7 cm³/mol. The van der Waals surface area contributed by atoms with E-state index >= 15 is 0 Å². The summed E-state index contributed by atoms with van der Waals surface area (Å²) in [5.41, 5.74) is 3.53. The summed E-state index contributed by atoms with van der Waals surface area (Å²) in [5.74, 6) is -2.43. The summed E-state index contributed by atoms with van der Waals surface area (Å²) in [4.78, 5) is 24.4. The van der Waals surface area contributed by atoms with Gasteiger partial charge in [0.05, 0.1) is 0 Å². The van der Waals surface area contributed by atoms with Crippen LogP contribution in [0.3, 0.4) is 0 Å². The molecule has 1 unspecified atom stereocenters. The Balaban J connectivity index is 1.56. The van der Waals surface area contributed by atoms with Gasteiger partial charge in [0, 0.05) is 30.5 Å². The van der Waals surface area contributed by atoms with Gasteiger partial charge in [0.1, 0.15) is 6.04 Å². The smallest absolute Gasteiger partial charge is 0.354 e. The van der Waals surface area contributed by atoms with Gasteiger partial charge in [0.25, 0.3) is 0 Å². The van der Waals surface area contributed by atoms with Crippen LogP contribution in [-0.2, 0) is 16.0 Å². The summed E-state index contributed by atoms with van der Waals surface area (Å²) < 4.78 is 40.2. The Hall–Kier alpha value is -1.99. The van der Waals surface area contributed by atoms with Crippen LogP contribution in [0.1, 0.15) is 48.7 Å². The fourth-order valence-corrected chi connectivity index (χ4v) is 3.88. The lowest BCUT2D eigenvalue weighted by Crippen LogP contribution is -2.50. The molecule has 1 saturated heterocycles. The van der Waals surface area contributed by atoms with Crippen molar-refractivity contribution in [3.63, 3.8) is 0 Å². The van der Waals surface area contributed by atoms with Crippen LogP contribution in [0.4, 0.5) is 13.2 Å². The number of amides is 2. The van der Waals surface area contributed by atoms with Crippen LogP contribution in [0.15, 0.2) is 6.07 Å². The SMILES string of the molecule is Cc1cc(CCNC(=O)C2CCCN2C(=O)C(F)(F)F)c(C)n1C1CC1. The molecule has 1 atom stereocenters. The Morgan fingerprint density at radius 1 is 1.23 bits per heavy atom. The van der Waals surface area contributed by atoms with E-state index in [1.165, 1.54) is 24.2 Å². The molecule has 8 heteroatoms. The standard InChI is InChI=1S/C18H24F3N3O2/c1-11-10-13(12(2)24(11)14-5-6-14)7-8-22-16(25)15-4-3-9-23(15)17(26)18(19,20)21/h10,14-15H,3-9H2,1-2H3,(H,22,25). The van der Waals surface area contributed by atoms with Crippen LogP contribution in [0.5, 0.6) is 0 Å². The lowest BCUT2D eigenvalue weighted by molar-refractivity contribution is -0.186. The molecule has 2 amide bonds. The Morgan fingerprint density at radius 3 is 2.54 bits per heavy atom. The first-order chi connectivity index (χ1) is 12.2. The summed E-state index contributed by atoms with van der Waals surface area (Å²) in [6, 6.07) is 1.66. The second-order valence-corrected chi connectivity index (χ2v) is 7.19. The molecule has 0 radical (unpaired) electrons. The largest absolute Gasteiger partial charge is 0.471 e. The Labute approximate surface area is 150 Å². The molecule has 144 valence electrons. The van der Waals surface area contributed by atoms with Gasteiger partial charge in [-0.25, -0.2) is 0 Å². The number of carbonyl (C=O) groups is 2. The maximum atomic E-state index is 12.6. The number of likely N-dealkylation sites (tertiary alicyclic amines) is 1. The molecule has 1 saturated carbocycles. The highest BCUT2D eigenvalue weighted by molar-refractivity contribution is 5.90. The molecule has 2 heterocycles. The highest BCUT2D eigenvalue weighted by Gasteiger charge is 2.47. The number of carbonyl (C=O) groups excluding carboxylic acids is 2. The average Bonchev–Trinajstić information content (AvgIpc) is 3.18. The van der Waals surface area contributed by atoms with Crippen molar-refractivity contribution in [1.29, 1.82) is 0 Å². The van der Waals surface area contributed by atoms with Gasteiger partial charge in [-0.15, -0.1) is 0 Å². The van der Waals surface area contributed by atoms with Gasteiger partial charge in [-0.1, -0.05) is 0 Å². The quantitative estimate of drug-likeness (QED) is 0.865. The molecule has 1 aliphatic carbocycles. The van der Waals surface area contributed by atoms with E-state index in [-0.39, 0.29) is 13.0 Å². The number of aryl methyl sites for hydroxylation is 1. The molecular formula is C18H24F3N3O2. The Kier molecular flexibility index (Phi) is 5.03. The monoisotopic (exact) mass is 371 g/mol. The first kappa shape index (κ1) is 18.8. The first-order valence-electron chi connectivity index (χ1n) is 9.03. The van der Waals surface area contributed by atoms with Gasteiger partial charge < -0.3 is 14.8 Å². The summed E-state index contributed by atoms with van der Waals surface area (Å²) in [6.45, 7) is 4.44. The molecule has 5 nitrogen and oxygen atoms in total. The van der Waals surface area contributed by atoms with E-state index < -0.39 is 24.0 Å². The van der Waals surface area contributed by atoms with Gasteiger partial charge in [0.2, 0.25) is 5.91 Å². The van der Waals surface area contributed by atoms with E-state index in [1.54, 1.807) is 0 Å². The zero-order chi connectivity index (χ0) is 19.1. The van der Waals surface area contributed by atoms with Gasteiger partial charge in [-0.05, 0) is 57.6 Å². The molecule has 0 aromatic carbocycles. The van der Waals surface area contributed by atoms with Crippen molar-refractivity contribution >= 4 is 11.8 Å². The average molecular weight is 371 g/mol. The van der Waals surface area contributed by atoms with Crippen LogP contribution >= 0.6 is 0 Å². The molecule has 1 aliphatic heterocycles. The van der Waals surface area contributed by atoms with Crippen LogP contribution in [0, 0.1) is 13.8 Å². The molecular weight excluding hydrogens is 347 g/mol. The molecule has 1 aromatic rings. The number of halogens is 3. The van der Waals surface area contributed by atoms with Crippen molar-refractivity contribution in [3.05, 3.63) is 23.0 Å². The van der Waals surface area contributed by atoms with Gasteiger partial charge >= 0.3 is 12.1 Å². The molecule has 2 fully saturated rings. The predicted octanol–water partition coefficient (Wildman–Crippen LogP) is 2.65. The number of aromatic nitrogens is 1. The Morgan fingerprint density at radius 2 is 1.92 bits per heavy atom. The zero-order valence-electron chi connectivity index (χ0n) is 15.0. The highest BCUT2D eigenvalue weighted by Crippen LogP contribution is 2.38. The third-order valence-electron chi connectivity index (χ3n) is 5.25. The van der Waals surface area contributed by atoms with Crippen LogP contribution in [-0.4, -0.2) is 46.6 Å². The van der Waals surface area contributed by atoms with Gasteiger partial charge in [-0.3, -0.25) is 9.59 Å². The van der Waals surface area contributed by atoms with Crippen molar-refractivity contribution in [2.24, 2.45) is 0 Å². The van der Waals surface area contributed by atoms with Gasteiger partial charge in [-0.2, -0.15) is 13.2 Å². The van der Waals surface area contributed by atoms with E-state index in [9.17, 15) is 22.8 Å². The summed E-state index contributed by atoms with van der Waals surface area (Å²) in [5, 5.41) is 2.70. The van der Waals surface area contributed by atoms with Crippen LogP contribution < -0.4 is 5.32 Å². The minimum absolute atomic E-state index is 0.0288. The number of nitrogens with zero attached hydrogens (tertiary/aromatic N) is 2. The first-order valence-corrected chi connectivity index (χ1v) is 9.03. The third-order valence-corrected chi connectivity index (χ3v) is 5.25. The number of alkyl halides is 3. The molecule has 1 aromatic heterocycles. The molecule has 0 bridgehead atoms. The van der Waals surface area contributed by atoms with Gasteiger partial charge in [0.15, 0.2) is 0 Å². The van der Waals surface area contributed by atoms with Crippen LogP contribution in [0.25, 0.3) is 0 Å². The summed E-state index contributed by atoms with van der Waals surface area (Å²) in [6.07, 6.45) is -1.26. The maximum Gasteiger partial charge on any atom is 0.471 e. The molecule has 0 spiro atoms. The van der Waals surface area contributed by atoms with E-state index in [4.69, 9.17) is 0 Å². The minimum Gasteiger partial charge on any atom is -0.354 e. The van der Waals surface area contributed by atoms with E-state index in [2.05, 4.69) is 29.8 Å². The maximum absolute atomic E-state index is 12.6. The van der Waals surface area contributed by atoms with E-state index in [0.29, 0.717) is 30.3 Å². The zero-order valence-corrected chi connectivity index (χ0v) is 15.0. The van der Waals surface area contributed by atoms with Crippen molar-refractivity contribution in [3.8, 4) is 0 Å². The molecule has 1 N–H and O–H groups in total. The lowest BCUT2D eigenvalue weighted by atomic mass is 10.1. The van der Waals surface area contributed by atoms with E-state index in [1.807, 2.05) is 0 Å². The highest BCUT2D eigenvalue weighted by atomic mass is 19.4. The fourth-order valence-electron chi connectivity index (χ4n) is 3.88. The van der Waals surface area contributed by atoms with E-state index in [0.717, 1.165) is 5.56 Å². The summed E-state index contributed by atoms with van der Waals surface area (Å²) in [7, 11) is 0. The van der Waals surface area contributed by atoms with Crippen molar-refractivity contribution in [1.82, 2.24) is 14.8 Å². The Bertz CT molecular complexity index is 707. The third kappa shape index (κ3) is 3.73. The minimum atomic E-state index is -4.94. The second kappa shape index (κ2) is 6.96. The number of hydrogen-bond donors (Lipinski definition) is 1. The van der Waals surface area contributed by atoms with Crippen molar-refractivity contribution < 1.29 is 22.8 Å². The summed E-state index contributed by atoms with van der Waals surface area (Å²) >= 11 is 0. The number of rotatable bonds is 5. The molecule has 3 rings (SSSR count). The molecule has 2 aliphatic rings. The van der Waals surface area contributed by atoms with Crippen molar-refractivity contribution in [2.45, 2.75) is 64.2 Å².